The van der Waals surface area contributed by atoms with Crippen molar-refractivity contribution in [2.75, 3.05) is 17.0 Å². The van der Waals surface area contributed by atoms with Gasteiger partial charge in [0.1, 0.15) is 0 Å². The maximum Gasteiger partial charge on any atom is 0.251 e. The highest BCUT2D eigenvalue weighted by Crippen LogP contribution is 2.18. The predicted octanol–water partition coefficient (Wildman–Crippen LogP) is 3.76. The molecule has 2 rings (SSSR count). The van der Waals surface area contributed by atoms with Crippen LogP contribution >= 0.6 is 0 Å². The molecule has 0 spiro atoms. The van der Waals surface area contributed by atoms with Gasteiger partial charge in [0.25, 0.3) is 5.91 Å². The third-order valence-electron chi connectivity index (χ3n) is 4.14. The first-order valence-corrected chi connectivity index (χ1v) is 10.5. The van der Waals surface area contributed by atoms with E-state index in [0.29, 0.717) is 24.2 Å². The predicted molar refractivity (Wildman–Crippen MR) is 106 cm³/mol. The lowest BCUT2D eigenvalue weighted by Gasteiger charge is -2.16. The fraction of sp³-hybridized carbons (Fsp3) is 0.350. The van der Waals surface area contributed by atoms with E-state index in [4.69, 9.17) is 0 Å². The molecule has 1 unspecified atom stereocenters. The monoisotopic (exact) mass is 374 g/mol. The standard InChI is InChI=1S/C20H26N2O3S/c1-3-13-26(24,25)22-19-12-8-11-18(14-19)20(23)21-15-16(4-2)17-9-6-5-7-10-17/h5-12,14,16,22H,3-4,13,15H2,1-2H3,(H,21,23). The molecule has 140 valence electrons. The minimum Gasteiger partial charge on any atom is -0.351 e. The first-order chi connectivity index (χ1) is 12.4. The van der Waals surface area contributed by atoms with Gasteiger partial charge in [0.05, 0.1) is 5.75 Å². The number of nitrogens with one attached hydrogen (secondary N) is 2. The van der Waals surface area contributed by atoms with Crippen LogP contribution < -0.4 is 10.0 Å². The van der Waals surface area contributed by atoms with E-state index in [2.05, 4.69) is 29.1 Å². The zero-order chi connectivity index (χ0) is 19.0. The molecule has 0 heterocycles. The number of benzene rings is 2. The van der Waals surface area contributed by atoms with Crippen LogP contribution in [0.4, 0.5) is 5.69 Å². The lowest BCUT2D eigenvalue weighted by Crippen LogP contribution is -2.28. The van der Waals surface area contributed by atoms with Crippen LogP contribution in [0, 0.1) is 0 Å². The van der Waals surface area contributed by atoms with Gasteiger partial charge in [-0.05, 0) is 36.6 Å². The minimum absolute atomic E-state index is 0.0542. The van der Waals surface area contributed by atoms with Gasteiger partial charge in [0, 0.05) is 23.7 Å². The third kappa shape index (κ3) is 5.88. The highest BCUT2D eigenvalue weighted by atomic mass is 32.2. The van der Waals surface area contributed by atoms with Crippen LogP contribution in [0.3, 0.4) is 0 Å². The third-order valence-corrected chi connectivity index (χ3v) is 5.64. The fourth-order valence-electron chi connectivity index (χ4n) is 2.76. The Hall–Kier alpha value is -2.34. The Morgan fingerprint density at radius 2 is 1.77 bits per heavy atom. The molecule has 26 heavy (non-hydrogen) atoms. The van der Waals surface area contributed by atoms with Crippen molar-refractivity contribution in [3.63, 3.8) is 0 Å². The second-order valence-electron chi connectivity index (χ2n) is 6.23. The SMILES string of the molecule is CCCS(=O)(=O)Nc1cccc(C(=O)NCC(CC)c2ccccc2)c1. The molecule has 0 radical (unpaired) electrons. The Bertz CT molecular complexity index is 820. The number of carbonyl (C=O) groups is 1. The van der Waals surface area contributed by atoms with Crippen LogP contribution in [0.15, 0.2) is 54.6 Å². The van der Waals surface area contributed by atoms with E-state index >= 15 is 0 Å². The van der Waals surface area contributed by atoms with Gasteiger partial charge in [-0.3, -0.25) is 9.52 Å². The molecule has 6 heteroatoms. The Balaban J connectivity index is 2.02. The summed E-state index contributed by atoms with van der Waals surface area (Å²) in [5, 5.41) is 2.95. The Morgan fingerprint density at radius 1 is 1.04 bits per heavy atom. The van der Waals surface area contributed by atoms with Crippen molar-refractivity contribution in [1.82, 2.24) is 5.32 Å². The van der Waals surface area contributed by atoms with Crippen LogP contribution in [-0.4, -0.2) is 26.6 Å². The number of sulfonamides is 1. The van der Waals surface area contributed by atoms with Gasteiger partial charge in [0.2, 0.25) is 10.0 Å². The Labute approximate surface area is 155 Å². The van der Waals surface area contributed by atoms with Gasteiger partial charge in [-0.1, -0.05) is 50.2 Å². The molecule has 2 aromatic rings. The summed E-state index contributed by atoms with van der Waals surface area (Å²) in [6.07, 6.45) is 1.45. The normalized spacial score (nSPS) is 12.4. The molecule has 2 aromatic carbocycles. The maximum atomic E-state index is 12.5. The van der Waals surface area contributed by atoms with Crippen LogP contribution in [0.2, 0.25) is 0 Å². The van der Waals surface area contributed by atoms with Gasteiger partial charge < -0.3 is 5.32 Å². The molecule has 0 bridgehead atoms. The Kier molecular flexibility index (Phi) is 7.21. The molecule has 1 atom stereocenters. The number of carbonyl (C=O) groups excluding carboxylic acids is 1. The lowest BCUT2D eigenvalue weighted by atomic mass is 9.96. The molecule has 0 saturated carbocycles. The van der Waals surface area contributed by atoms with Crippen molar-refractivity contribution in [3.8, 4) is 0 Å². The molecular weight excluding hydrogens is 348 g/mol. The summed E-state index contributed by atoms with van der Waals surface area (Å²) in [5.41, 5.74) is 2.03. The van der Waals surface area contributed by atoms with Gasteiger partial charge in [0.15, 0.2) is 0 Å². The van der Waals surface area contributed by atoms with Crippen LogP contribution in [0.25, 0.3) is 0 Å². The Morgan fingerprint density at radius 3 is 2.42 bits per heavy atom. The first-order valence-electron chi connectivity index (χ1n) is 8.89. The molecular formula is C20H26N2O3S. The summed E-state index contributed by atoms with van der Waals surface area (Å²) in [5.74, 6) is 0.0842. The van der Waals surface area contributed by atoms with Crippen LogP contribution in [-0.2, 0) is 10.0 Å². The number of rotatable bonds is 9. The van der Waals surface area contributed by atoms with E-state index in [1.165, 1.54) is 5.56 Å². The van der Waals surface area contributed by atoms with Crippen molar-refractivity contribution in [3.05, 3.63) is 65.7 Å². The molecule has 0 fully saturated rings. The smallest absolute Gasteiger partial charge is 0.251 e. The average molecular weight is 375 g/mol. The molecule has 2 N–H and O–H groups in total. The zero-order valence-electron chi connectivity index (χ0n) is 15.2. The molecule has 0 aromatic heterocycles. The minimum atomic E-state index is -3.37. The molecule has 0 aliphatic heterocycles. The summed E-state index contributed by atoms with van der Waals surface area (Å²) < 4.78 is 26.3. The van der Waals surface area contributed by atoms with Gasteiger partial charge in [-0.25, -0.2) is 8.42 Å². The van der Waals surface area contributed by atoms with Gasteiger partial charge in [-0.2, -0.15) is 0 Å². The summed E-state index contributed by atoms with van der Waals surface area (Å²) in [7, 11) is -3.37. The summed E-state index contributed by atoms with van der Waals surface area (Å²) in [6.45, 7) is 4.43. The molecule has 5 nitrogen and oxygen atoms in total. The summed E-state index contributed by atoms with van der Waals surface area (Å²) in [4.78, 5) is 12.5. The van der Waals surface area contributed by atoms with E-state index in [9.17, 15) is 13.2 Å². The number of hydrogen-bond acceptors (Lipinski definition) is 3. The maximum absolute atomic E-state index is 12.5. The number of hydrogen-bond donors (Lipinski definition) is 2. The first kappa shape index (κ1) is 20.0. The lowest BCUT2D eigenvalue weighted by molar-refractivity contribution is 0.0951. The largest absolute Gasteiger partial charge is 0.351 e. The second-order valence-corrected chi connectivity index (χ2v) is 8.07. The number of anilines is 1. The second kappa shape index (κ2) is 9.38. The van der Waals surface area contributed by atoms with E-state index < -0.39 is 10.0 Å². The molecule has 1 amide bonds. The van der Waals surface area contributed by atoms with Gasteiger partial charge in [-0.15, -0.1) is 0 Å². The molecule has 0 aliphatic rings. The highest BCUT2D eigenvalue weighted by Gasteiger charge is 2.14. The van der Waals surface area contributed by atoms with Crippen molar-refractivity contribution in [1.29, 1.82) is 0 Å². The van der Waals surface area contributed by atoms with Crippen molar-refractivity contribution in [2.45, 2.75) is 32.6 Å². The van der Waals surface area contributed by atoms with E-state index in [1.807, 2.05) is 18.2 Å². The van der Waals surface area contributed by atoms with Crippen molar-refractivity contribution >= 4 is 21.6 Å². The fourth-order valence-corrected chi connectivity index (χ4v) is 3.89. The van der Waals surface area contributed by atoms with Crippen molar-refractivity contribution in [2.24, 2.45) is 0 Å². The highest BCUT2D eigenvalue weighted by molar-refractivity contribution is 7.92. The zero-order valence-corrected chi connectivity index (χ0v) is 16.1. The summed E-state index contributed by atoms with van der Waals surface area (Å²) >= 11 is 0. The molecule has 0 saturated heterocycles. The van der Waals surface area contributed by atoms with E-state index in [0.717, 1.165) is 6.42 Å². The van der Waals surface area contributed by atoms with Gasteiger partial charge >= 0.3 is 0 Å². The van der Waals surface area contributed by atoms with Crippen molar-refractivity contribution < 1.29 is 13.2 Å². The van der Waals surface area contributed by atoms with Crippen LogP contribution in [0.1, 0.15) is 48.5 Å². The quantitative estimate of drug-likeness (QED) is 0.702. The average Bonchev–Trinajstić information content (AvgIpc) is 2.62. The van der Waals surface area contributed by atoms with E-state index in [-0.39, 0.29) is 17.6 Å². The van der Waals surface area contributed by atoms with E-state index in [1.54, 1.807) is 31.2 Å². The summed E-state index contributed by atoms with van der Waals surface area (Å²) in [6, 6.07) is 16.6. The topological polar surface area (TPSA) is 75.3 Å². The molecule has 0 aliphatic carbocycles. The van der Waals surface area contributed by atoms with Crippen LogP contribution in [0.5, 0.6) is 0 Å². The number of amides is 1.